The standard InChI is InChI=1S/C20H21FN2O/c21-17-6-2-1-5-15(17)14-7-8-18-16(11-14)20(9-3-4-10-20)13-23(18)19(24)12-22/h1-2,5-8,11H,3-4,9-10,12-13,22H2. The molecule has 1 heterocycles. The molecule has 0 aromatic heterocycles. The second-order valence-electron chi connectivity index (χ2n) is 6.88. The average Bonchev–Trinajstić information content (AvgIpc) is 3.21. The van der Waals surface area contributed by atoms with Crippen molar-refractivity contribution in [2.45, 2.75) is 31.1 Å². The van der Waals surface area contributed by atoms with Crippen LogP contribution >= 0.6 is 0 Å². The summed E-state index contributed by atoms with van der Waals surface area (Å²) in [4.78, 5) is 14.1. The molecule has 0 unspecified atom stereocenters. The molecule has 24 heavy (non-hydrogen) atoms. The molecule has 1 aliphatic carbocycles. The van der Waals surface area contributed by atoms with Gasteiger partial charge in [-0.05, 0) is 42.2 Å². The van der Waals surface area contributed by atoms with Crippen molar-refractivity contribution in [3.05, 3.63) is 53.8 Å². The van der Waals surface area contributed by atoms with Crippen LogP contribution in [0.3, 0.4) is 0 Å². The van der Waals surface area contributed by atoms with Gasteiger partial charge in [-0.3, -0.25) is 4.79 Å². The van der Waals surface area contributed by atoms with Crippen LogP contribution in [0.25, 0.3) is 11.1 Å². The summed E-state index contributed by atoms with van der Waals surface area (Å²) in [6, 6.07) is 12.8. The molecule has 2 aromatic rings. The summed E-state index contributed by atoms with van der Waals surface area (Å²) in [7, 11) is 0. The predicted octanol–water partition coefficient (Wildman–Crippen LogP) is 3.61. The third-order valence-electron chi connectivity index (χ3n) is 5.54. The number of nitrogens with two attached hydrogens (primary N) is 1. The van der Waals surface area contributed by atoms with E-state index in [0.29, 0.717) is 12.1 Å². The molecule has 3 nitrogen and oxygen atoms in total. The maximum atomic E-state index is 14.2. The van der Waals surface area contributed by atoms with Crippen molar-refractivity contribution in [1.29, 1.82) is 0 Å². The Hall–Kier alpha value is -2.20. The molecule has 0 bridgehead atoms. The first-order valence-corrected chi connectivity index (χ1v) is 8.54. The molecule has 124 valence electrons. The minimum absolute atomic E-state index is 0.0153. The van der Waals surface area contributed by atoms with Gasteiger partial charge in [0.1, 0.15) is 5.82 Å². The lowest BCUT2D eigenvalue weighted by Crippen LogP contribution is -2.38. The van der Waals surface area contributed by atoms with Crippen molar-refractivity contribution < 1.29 is 9.18 Å². The fourth-order valence-corrected chi connectivity index (χ4v) is 4.34. The van der Waals surface area contributed by atoms with Crippen LogP contribution in [0, 0.1) is 5.82 Å². The molecular weight excluding hydrogens is 303 g/mol. The van der Waals surface area contributed by atoms with E-state index < -0.39 is 0 Å². The summed E-state index contributed by atoms with van der Waals surface area (Å²) in [6.45, 7) is 0.726. The molecule has 1 fully saturated rings. The Balaban J connectivity index is 1.85. The third kappa shape index (κ3) is 2.25. The van der Waals surface area contributed by atoms with Crippen LogP contribution in [0.4, 0.5) is 10.1 Å². The fraction of sp³-hybridized carbons (Fsp3) is 0.350. The van der Waals surface area contributed by atoms with Gasteiger partial charge in [0.25, 0.3) is 0 Å². The largest absolute Gasteiger partial charge is 0.322 e. The van der Waals surface area contributed by atoms with Crippen molar-refractivity contribution in [2.75, 3.05) is 18.0 Å². The highest BCUT2D eigenvalue weighted by atomic mass is 19.1. The van der Waals surface area contributed by atoms with E-state index in [-0.39, 0.29) is 23.7 Å². The van der Waals surface area contributed by atoms with E-state index in [1.165, 1.54) is 24.5 Å². The van der Waals surface area contributed by atoms with E-state index in [0.717, 1.165) is 24.1 Å². The van der Waals surface area contributed by atoms with Crippen LogP contribution in [0.2, 0.25) is 0 Å². The number of nitrogens with zero attached hydrogens (tertiary/aromatic N) is 1. The third-order valence-corrected chi connectivity index (χ3v) is 5.54. The highest BCUT2D eigenvalue weighted by Crippen LogP contribution is 2.51. The van der Waals surface area contributed by atoms with Crippen molar-refractivity contribution in [2.24, 2.45) is 5.73 Å². The van der Waals surface area contributed by atoms with Gasteiger partial charge in [-0.1, -0.05) is 37.1 Å². The van der Waals surface area contributed by atoms with Crippen LogP contribution in [-0.4, -0.2) is 19.0 Å². The van der Waals surface area contributed by atoms with E-state index in [1.807, 2.05) is 23.1 Å². The summed E-state index contributed by atoms with van der Waals surface area (Å²) >= 11 is 0. The Kier molecular flexibility index (Phi) is 3.65. The maximum Gasteiger partial charge on any atom is 0.240 e. The Morgan fingerprint density at radius 3 is 2.62 bits per heavy atom. The minimum atomic E-state index is -0.217. The first-order chi connectivity index (χ1) is 11.6. The highest BCUT2D eigenvalue weighted by molar-refractivity contribution is 5.98. The summed E-state index contributed by atoms with van der Waals surface area (Å²) in [6.07, 6.45) is 4.51. The zero-order chi connectivity index (χ0) is 16.7. The maximum absolute atomic E-state index is 14.2. The van der Waals surface area contributed by atoms with Gasteiger partial charge in [0.2, 0.25) is 5.91 Å². The van der Waals surface area contributed by atoms with Crippen molar-refractivity contribution in [1.82, 2.24) is 0 Å². The first-order valence-electron chi connectivity index (χ1n) is 8.54. The van der Waals surface area contributed by atoms with Gasteiger partial charge in [0, 0.05) is 23.2 Å². The van der Waals surface area contributed by atoms with E-state index in [2.05, 4.69) is 6.07 Å². The Morgan fingerprint density at radius 2 is 1.92 bits per heavy atom. The first kappa shape index (κ1) is 15.3. The number of benzene rings is 2. The van der Waals surface area contributed by atoms with Crippen LogP contribution in [0.15, 0.2) is 42.5 Å². The van der Waals surface area contributed by atoms with Crippen molar-refractivity contribution in [3.8, 4) is 11.1 Å². The number of carbonyl (C=O) groups is 1. The van der Waals surface area contributed by atoms with Crippen LogP contribution in [-0.2, 0) is 10.2 Å². The summed E-state index contributed by atoms with van der Waals surface area (Å²) < 4.78 is 14.2. The van der Waals surface area contributed by atoms with Gasteiger partial charge in [0.05, 0.1) is 6.54 Å². The molecule has 2 aliphatic rings. The quantitative estimate of drug-likeness (QED) is 0.917. The van der Waals surface area contributed by atoms with E-state index in [4.69, 9.17) is 5.73 Å². The molecular formula is C20H21FN2O. The second kappa shape index (κ2) is 5.71. The second-order valence-corrected chi connectivity index (χ2v) is 6.88. The Bertz CT molecular complexity index is 796. The van der Waals surface area contributed by atoms with Crippen LogP contribution in [0.5, 0.6) is 0 Å². The number of carbonyl (C=O) groups excluding carboxylic acids is 1. The number of rotatable bonds is 2. The molecule has 0 saturated heterocycles. The lowest BCUT2D eigenvalue weighted by Gasteiger charge is -2.24. The molecule has 1 saturated carbocycles. The van der Waals surface area contributed by atoms with Gasteiger partial charge >= 0.3 is 0 Å². The molecule has 1 aliphatic heterocycles. The van der Waals surface area contributed by atoms with Gasteiger partial charge in [-0.25, -0.2) is 4.39 Å². The molecule has 4 heteroatoms. The number of hydrogen-bond acceptors (Lipinski definition) is 2. The molecule has 0 atom stereocenters. The number of hydrogen-bond donors (Lipinski definition) is 1. The lowest BCUT2D eigenvalue weighted by atomic mass is 9.80. The topological polar surface area (TPSA) is 46.3 Å². The van der Waals surface area contributed by atoms with Crippen molar-refractivity contribution >= 4 is 11.6 Å². The average molecular weight is 324 g/mol. The number of fused-ring (bicyclic) bond motifs is 2. The number of anilines is 1. The molecule has 0 radical (unpaired) electrons. The van der Waals surface area contributed by atoms with E-state index >= 15 is 0 Å². The zero-order valence-electron chi connectivity index (χ0n) is 13.6. The Morgan fingerprint density at radius 1 is 1.17 bits per heavy atom. The van der Waals surface area contributed by atoms with Crippen LogP contribution in [0.1, 0.15) is 31.2 Å². The molecule has 2 N–H and O–H groups in total. The van der Waals surface area contributed by atoms with Crippen molar-refractivity contribution in [3.63, 3.8) is 0 Å². The minimum Gasteiger partial charge on any atom is -0.322 e. The molecule has 1 spiro atoms. The predicted molar refractivity (Wildman–Crippen MR) is 93.4 cm³/mol. The van der Waals surface area contributed by atoms with E-state index in [1.54, 1.807) is 12.1 Å². The summed E-state index contributed by atoms with van der Waals surface area (Å²) in [5, 5.41) is 0. The molecule has 2 aromatic carbocycles. The van der Waals surface area contributed by atoms with E-state index in [9.17, 15) is 9.18 Å². The monoisotopic (exact) mass is 324 g/mol. The summed E-state index contributed by atoms with van der Waals surface area (Å²) in [5.41, 5.74) is 9.23. The normalized spacial score (nSPS) is 18.2. The number of amides is 1. The fourth-order valence-electron chi connectivity index (χ4n) is 4.34. The van der Waals surface area contributed by atoms with Crippen LogP contribution < -0.4 is 10.6 Å². The highest BCUT2D eigenvalue weighted by Gasteiger charge is 2.46. The number of halogens is 1. The summed E-state index contributed by atoms with van der Waals surface area (Å²) in [5.74, 6) is -0.260. The van der Waals surface area contributed by atoms with Gasteiger partial charge in [0.15, 0.2) is 0 Å². The SMILES string of the molecule is NCC(=O)N1CC2(CCCC2)c2cc(-c3ccccc3F)ccc21. The molecule has 1 amide bonds. The van der Waals surface area contributed by atoms with Gasteiger partial charge < -0.3 is 10.6 Å². The van der Waals surface area contributed by atoms with Gasteiger partial charge in [-0.2, -0.15) is 0 Å². The lowest BCUT2D eigenvalue weighted by molar-refractivity contribution is -0.117. The Labute approximate surface area is 141 Å². The smallest absolute Gasteiger partial charge is 0.240 e. The molecule has 4 rings (SSSR count). The zero-order valence-corrected chi connectivity index (χ0v) is 13.6. The van der Waals surface area contributed by atoms with Gasteiger partial charge in [-0.15, -0.1) is 0 Å².